The molecule has 0 aliphatic carbocycles. The number of nitrogens with one attached hydrogen (secondary N) is 1. The first-order valence-corrected chi connectivity index (χ1v) is 6.67. The molecule has 0 heterocycles. The third-order valence-electron chi connectivity index (χ3n) is 2.38. The van der Waals surface area contributed by atoms with Crippen molar-refractivity contribution in [3.8, 4) is 11.8 Å². The van der Waals surface area contributed by atoms with Gasteiger partial charge in [0.25, 0.3) is 0 Å². The van der Waals surface area contributed by atoms with Gasteiger partial charge in [-0.05, 0) is 32.9 Å². The van der Waals surface area contributed by atoms with Gasteiger partial charge in [0.2, 0.25) is 0 Å². The standard InChI is InChI=1S/C16H17F2NO4/c1-16(2,3)23-15(21)19-7-5-6-10-8-11(17)13(12(18)9-10)14(20)22-4/h8-9H,7H2,1-4H3,(H,19,21). The minimum absolute atomic E-state index is 0.0265. The lowest BCUT2D eigenvalue weighted by Crippen LogP contribution is -2.32. The van der Waals surface area contributed by atoms with Crippen molar-refractivity contribution in [2.45, 2.75) is 26.4 Å². The van der Waals surface area contributed by atoms with Crippen LogP contribution >= 0.6 is 0 Å². The number of rotatable bonds is 2. The molecule has 5 nitrogen and oxygen atoms in total. The van der Waals surface area contributed by atoms with Crippen LogP contribution in [0.3, 0.4) is 0 Å². The number of esters is 1. The minimum atomic E-state index is -1.11. The van der Waals surface area contributed by atoms with Gasteiger partial charge in [0, 0.05) is 5.56 Å². The molecule has 0 unspecified atom stereocenters. The quantitative estimate of drug-likeness (QED) is 0.671. The van der Waals surface area contributed by atoms with Gasteiger partial charge in [0.05, 0.1) is 13.7 Å². The second-order valence-electron chi connectivity index (χ2n) is 5.46. The van der Waals surface area contributed by atoms with E-state index in [0.717, 1.165) is 19.2 Å². The van der Waals surface area contributed by atoms with E-state index in [1.165, 1.54) is 0 Å². The molecule has 0 atom stereocenters. The third kappa shape index (κ3) is 5.94. The Bertz CT molecular complexity index is 646. The van der Waals surface area contributed by atoms with Gasteiger partial charge in [-0.25, -0.2) is 18.4 Å². The van der Waals surface area contributed by atoms with Crippen LogP contribution in [0.15, 0.2) is 12.1 Å². The second-order valence-corrected chi connectivity index (χ2v) is 5.46. The topological polar surface area (TPSA) is 64.6 Å². The Morgan fingerprint density at radius 1 is 1.22 bits per heavy atom. The van der Waals surface area contributed by atoms with Crippen LogP contribution in [0.2, 0.25) is 0 Å². The summed E-state index contributed by atoms with van der Waals surface area (Å²) in [5, 5.41) is 2.38. The lowest BCUT2D eigenvalue weighted by Gasteiger charge is -2.19. The summed E-state index contributed by atoms with van der Waals surface area (Å²) in [5.74, 6) is 1.76. The van der Waals surface area contributed by atoms with Crippen LogP contribution in [-0.4, -0.2) is 31.3 Å². The van der Waals surface area contributed by atoms with Crippen molar-refractivity contribution in [1.82, 2.24) is 5.32 Å². The summed E-state index contributed by atoms with van der Waals surface area (Å²) >= 11 is 0. The van der Waals surface area contributed by atoms with Gasteiger partial charge in [-0.2, -0.15) is 0 Å². The van der Waals surface area contributed by atoms with E-state index < -0.39 is 34.9 Å². The number of alkyl carbamates (subject to hydrolysis) is 1. The highest BCUT2D eigenvalue weighted by atomic mass is 19.1. The van der Waals surface area contributed by atoms with Crippen molar-refractivity contribution in [3.63, 3.8) is 0 Å². The Hall–Kier alpha value is -2.62. The zero-order valence-electron chi connectivity index (χ0n) is 13.3. The number of carbonyl (C=O) groups is 2. The van der Waals surface area contributed by atoms with Crippen LogP contribution < -0.4 is 5.32 Å². The first-order chi connectivity index (χ1) is 10.6. The van der Waals surface area contributed by atoms with Crippen LogP contribution in [0.25, 0.3) is 0 Å². The Kier molecular flexibility index (Phi) is 6.08. The molecule has 1 aromatic rings. The summed E-state index contributed by atoms with van der Waals surface area (Å²) in [6, 6.07) is 1.83. The normalized spacial score (nSPS) is 10.3. The molecular weight excluding hydrogens is 308 g/mol. The van der Waals surface area contributed by atoms with Crippen molar-refractivity contribution >= 4 is 12.1 Å². The smallest absolute Gasteiger partial charge is 0.408 e. The number of carbonyl (C=O) groups excluding carboxylic acids is 2. The first kappa shape index (κ1) is 18.4. The fourth-order valence-corrected chi connectivity index (χ4v) is 1.52. The molecule has 0 fully saturated rings. The molecule has 0 aliphatic rings. The molecule has 1 N–H and O–H groups in total. The zero-order chi connectivity index (χ0) is 17.6. The Balaban J connectivity index is 2.73. The molecule has 0 aliphatic heterocycles. The molecule has 0 bridgehead atoms. The molecule has 0 saturated carbocycles. The van der Waals surface area contributed by atoms with Crippen molar-refractivity contribution in [2.75, 3.05) is 13.7 Å². The van der Waals surface area contributed by atoms with E-state index in [-0.39, 0.29) is 12.1 Å². The summed E-state index contributed by atoms with van der Waals surface area (Å²) in [7, 11) is 1.03. The monoisotopic (exact) mass is 325 g/mol. The summed E-state index contributed by atoms with van der Waals surface area (Å²) in [6.07, 6.45) is -0.648. The SMILES string of the molecule is COC(=O)c1c(F)cc(C#CCNC(=O)OC(C)(C)C)cc1F. The highest BCUT2D eigenvalue weighted by molar-refractivity contribution is 5.90. The fourth-order valence-electron chi connectivity index (χ4n) is 1.52. The van der Waals surface area contributed by atoms with E-state index in [1.54, 1.807) is 20.8 Å². The van der Waals surface area contributed by atoms with E-state index in [4.69, 9.17) is 4.74 Å². The molecule has 0 aromatic heterocycles. The third-order valence-corrected chi connectivity index (χ3v) is 2.38. The molecule has 7 heteroatoms. The van der Waals surface area contributed by atoms with Crippen molar-refractivity contribution in [3.05, 3.63) is 34.9 Å². The average Bonchev–Trinajstić information content (AvgIpc) is 2.40. The van der Waals surface area contributed by atoms with Crippen molar-refractivity contribution < 1.29 is 27.8 Å². The van der Waals surface area contributed by atoms with Gasteiger partial charge in [-0.3, -0.25) is 0 Å². The number of ether oxygens (including phenoxy) is 2. The zero-order valence-corrected chi connectivity index (χ0v) is 13.3. The van der Waals surface area contributed by atoms with Crippen LogP contribution in [0.5, 0.6) is 0 Å². The Morgan fingerprint density at radius 2 is 1.78 bits per heavy atom. The lowest BCUT2D eigenvalue weighted by molar-refractivity contribution is 0.0533. The predicted molar refractivity (Wildman–Crippen MR) is 78.8 cm³/mol. The number of benzene rings is 1. The maximum atomic E-state index is 13.7. The lowest BCUT2D eigenvalue weighted by atomic mass is 10.1. The van der Waals surface area contributed by atoms with Crippen LogP contribution in [0.1, 0.15) is 36.7 Å². The minimum Gasteiger partial charge on any atom is -0.465 e. The van der Waals surface area contributed by atoms with E-state index in [0.29, 0.717) is 0 Å². The predicted octanol–water partition coefficient (Wildman–Crippen LogP) is 2.63. The number of hydrogen-bond acceptors (Lipinski definition) is 4. The Morgan fingerprint density at radius 3 is 2.26 bits per heavy atom. The van der Waals surface area contributed by atoms with Gasteiger partial charge in [-0.15, -0.1) is 0 Å². The van der Waals surface area contributed by atoms with E-state index in [2.05, 4.69) is 21.9 Å². The summed E-state index contributed by atoms with van der Waals surface area (Å²) in [4.78, 5) is 22.6. The van der Waals surface area contributed by atoms with Gasteiger partial charge < -0.3 is 14.8 Å². The first-order valence-electron chi connectivity index (χ1n) is 6.67. The molecule has 1 aromatic carbocycles. The van der Waals surface area contributed by atoms with Gasteiger partial charge in [-0.1, -0.05) is 11.8 Å². The fraction of sp³-hybridized carbons (Fsp3) is 0.375. The van der Waals surface area contributed by atoms with Crippen molar-refractivity contribution in [2.24, 2.45) is 0 Å². The van der Waals surface area contributed by atoms with Gasteiger partial charge >= 0.3 is 12.1 Å². The van der Waals surface area contributed by atoms with Gasteiger partial charge in [0.15, 0.2) is 0 Å². The molecule has 23 heavy (non-hydrogen) atoms. The molecule has 124 valence electrons. The highest BCUT2D eigenvalue weighted by Gasteiger charge is 2.19. The van der Waals surface area contributed by atoms with Crippen molar-refractivity contribution in [1.29, 1.82) is 0 Å². The molecular formula is C16H17F2NO4. The number of methoxy groups -OCH3 is 1. The maximum absolute atomic E-state index is 13.7. The molecule has 0 saturated heterocycles. The Labute approximate surface area is 133 Å². The highest BCUT2D eigenvalue weighted by Crippen LogP contribution is 2.16. The number of amides is 1. The number of hydrogen-bond donors (Lipinski definition) is 1. The summed E-state index contributed by atoms with van der Waals surface area (Å²) in [5.41, 5.74) is -1.38. The molecule has 0 radical (unpaired) electrons. The molecule has 1 amide bonds. The second kappa shape index (κ2) is 7.58. The number of halogens is 2. The van der Waals surface area contributed by atoms with Crippen LogP contribution in [0.4, 0.5) is 13.6 Å². The summed E-state index contributed by atoms with van der Waals surface area (Å²) < 4.78 is 36.6. The maximum Gasteiger partial charge on any atom is 0.408 e. The largest absolute Gasteiger partial charge is 0.465 e. The van der Waals surface area contributed by atoms with E-state index >= 15 is 0 Å². The molecule has 1 rings (SSSR count). The molecule has 0 spiro atoms. The van der Waals surface area contributed by atoms with Crippen LogP contribution in [0, 0.1) is 23.5 Å². The van der Waals surface area contributed by atoms with Crippen LogP contribution in [-0.2, 0) is 9.47 Å². The van der Waals surface area contributed by atoms with Gasteiger partial charge in [0.1, 0.15) is 22.8 Å². The summed E-state index contributed by atoms with van der Waals surface area (Å²) in [6.45, 7) is 5.09. The average molecular weight is 325 g/mol. The van der Waals surface area contributed by atoms with E-state index in [1.807, 2.05) is 0 Å². The van der Waals surface area contributed by atoms with E-state index in [9.17, 15) is 18.4 Å².